The summed E-state index contributed by atoms with van der Waals surface area (Å²) in [6, 6.07) is 16.1. The van der Waals surface area contributed by atoms with E-state index in [1.165, 1.54) is 19.1 Å². The van der Waals surface area contributed by atoms with Gasteiger partial charge in [-0.1, -0.05) is 44.2 Å². The summed E-state index contributed by atoms with van der Waals surface area (Å²) in [5.41, 5.74) is 2.08. The highest BCUT2D eigenvalue weighted by Gasteiger charge is 2.35. The predicted octanol–water partition coefficient (Wildman–Crippen LogP) is 5.45. The number of likely N-dealkylation sites (tertiary alicyclic amines) is 1. The van der Waals surface area contributed by atoms with Crippen LogP contribution in [0.5, 0.6) is 0 Å². The lowest BCUT2D eigenvalue weighted by Crippen LogP contribution is -2.48. The number of piperidine rings is 1. The molecule has 2 heterocycles. The summed E-state index contributed by atoms with van der Waals surface area (Å²) in [6.45, 7) is 8.06. The van der Waals surface area contributed by atoms with Crippen molar-refractivity contribution in [3.05, 3.63) is 82.7 Å². The third-order valence-corrected chi connectivity index (χ3v) is 7.83. The zero-order valence-electron chi connectivity index (χ0n) is 23.5. The lowest BCUT2D eigenvalue weighted by molar-refractivity contribution is -0.138. The van der Waals surface area contributed by atoms with Crippen LogP contribution in [-0.4, -0.2) is 58.5 Å². The van der Waals surface area contributed by atoms with Crippen molar-refractivity contribution in [1.82, 2.24) is 20.0 Å². The summed E-state index contributed by atoms with van der Waals surface area (Å²) in [7, 11) is 0. The smallest absolute Gasteiger partial charge is 0.396 e. The van der Waals surface area contributed by atoms with Gasteiger partial charge in [-0.25, -0.2) is 4.68 Å². The number of aliphatic hydroxyl groups excluding tert-OH is 1. The number of halogens is 3. The third-order valence-electron chi connectivity index (χ3n) is 7.83. The van der Waals surface area contributed by atoms with Gasteiger partial charge in [0.15, 0.2) is 5.69 Å². The SMILES string of the molecule is Cc1ccc(CCN2CCC(CO)(CNC(=O)c3cc(CC(C)C)n(-c4ccccc4)n3)CC2)cc1C(F)(F)F. The van der Waals surface area contributed by atoms with Gasteiger partial charge < -0.3 is 15.3 Å². The van der Waals surface area contributed by atoms with Crippen molar-refractivity contribution in [2.45, 2.75) is 52.6 Å². The zero-order chi connectivity index (χ0) is 28.9. The number of aliphatic hydroxyl groups is 1. The second-order valence-electron chi connectivity index (χ2n) is 11.4. The van der Waals surface area contributed by atoms with E-state index in [4.69, 9.17) is 0 Å². The second kappa shape index (κ2) is 12.6. The summed E-state index contributed by atoms with van der Waals surface area (Å²) in [5.74, 6) is 0.130. The molecule has 1 aromatic heterocycles. The van der Waals surface area contributed by atoms with Crippen LogP contribution in [0.15, 0.2) is 54.6 Å². The van der Waals surface area contributed by atoms with Crippen molar-refractivity contribution in [2.75, 3.05) is 32.8 Å². The van der Waals surface area contributed by atoms with E-state index >= 15 is 0 Å². The van der Waals surface area contributed by atoms with Crippen LogP contribution in [0.1, 0.15) is 59.6 Å². The summed E-state index contributed by atoms with van der Waals surface area (Å²) in [5, 5.41) is 17.9. The summed E-state index contributed by atoms with van der Waals surface area (Å²) in [4.78, 5) is 15.3. The van der Waals surface area contributed by atoms with E-state index in [-0.39, 0.29) is 18.1 Å². The minimum Gasteiger partial charge on any atom is -0.396 e. The number of carbonyl (C=O) groups excluding carboxylic acids is 1. The first-order valence-electron chi connectivity index (χ1n) is 13.9. The van der Waals surface area contributed by atoms with Gasteiger partial charge in [-0.3, -0.25) is 4.79 Å². The number of alkyl halides is 3. The molecule has 1 fully saturated rings. The average molecular weight is 557 g/mol. The van der Waals surface area contributed by atoms with Crippen molar-refractivity contribution >= 4 is 5.91 Å². The normalized spacial score (nSPS) is 15.9. The number of nitrogens with zero attached hydrogens (tertiary/aromatic N) is 3. The van der Waals surface area contributed by atoms with Crippen LogP contribution in [-0.2, 0) is 19.0 Å². The molecule has 0 saturated carbocycles. The zero-order valence-corrected chi connectivity index (χ0v) is 23.5. The number of rotatable bonds is 10. The Morgan fingerprint density at radius 2 is 1.80 bits per heavy atom. The van der Waals surface area contributed by atoms with E-state index in [9.17, 15) is 23.1 Å². The Morgan fingerprint density at radius 1 is 1.10 bits per heavy atom. The molecule has 1 aliphatic heterocycles. The highest BCUT2D eigenvalue weighted by Crippen LogP contribution is 2.33. The number of amides is 1. The predicted molar refractivity (Wildman–Crippen MR) is 150 cm³/mol. The molecule has 40 heavy (non-hydrogen) atoms. The van der Waals surface area contributed by atoms with Crippen molar-refractivity contribution in [1.29, 1.82) is 0 Å². The molecule has 216 valence electrons. The summed E-state index contributed by atoms with van der Waals surface area (Å²) < 4.78 is 41.6. The fourth-order valence-corrected chi connectivity index (χ4v) is 5.30. The Bertz CT molecular complexity index is 1280. The number of benzene rings is 2. The average Bonchev–Trinajstić information content (AvgIpc) is 3.35. The van der Waals surface area contributed by atoms with E-state index < -0.39 is 17.2 Å². The molecule has 1 aliphatic rings. The van der Waals surface area contributed by atoms with Gasteiger partial charge in [0.25, 0.3) is 5.91 Å². The van der Waals surface area contributed by atoms with Crippen LogP contribution in [0.25, 0.3) is 5.69 Å². The molecule has 0 bridgehead atoms. The van der Waals surface area contributed by atoms with Crippen LogP contribution < -0.4 is 5.32 Å². The van der Waals surface area contributed by atoms with Crippen molar-refractivity contribution < 1.29 is 23.1 Å². The van der Waals surface area contributed by atoms with Gasteiger partial charge in [0.05, 0.1) is 17.9 Å². The monoisotopic (exact) mass is 556 g/mol. The molecule has 0 radical (unpaired) electrons. The van der Waals surface area contributed by atoms with Crippen molar-refractivity contribution in [3.63, 3.8) is 0 Å². The number of para-hydroxylation sites is 1. The molecule has 2 aromatic carbocycles. The molecule has 0 atom stereocenters. The van der Waals surface area contributed by atoms with Crippen molar-refractivity contribution in [3.8, 4) is 5.69 Å². The Kier molecular flexibility index (Phi) is 9.36. The number of hydrogen-bond donors (Lipinski definition) is 2. The first-order valence-corrected chi connectivity index (χ1v) is 13.9. The molecule has 3 aromatic rings. The number of carbonyl (C=O) groups is 1. The first kappa shape index (κ1) is 29.8. The Morgan fingerprint density at radius 3 is 2.42 bits per heavy atom. The largest absolute Gasteiger partial charge is 0.416 e. The Balaban J connectivity index is 1.34. The van der Waals surface area contributed by atoms with Gasteiger partial charge >= 0.3 is 6.18 Å². The topological polar surface area (TPSA) is 70.4 Å². The van der Waals surface area contributed by atoms with E-state index in [0.29, 0.717) is 62.6 Å². The van der Waals surface area contributed by atoms with Crippen LogP contribution in [0, 0.1) is 18.3 Å². The maximum absolute atomic E-state index is 13.3. The molecule has 2 N–H and O–H groups in total. The van der Waals surface area contributed by atoms with Crippen LogP contribution in [0.3, 0.4) is 0 Å². The van der Waals surface area contributed by atoms with Crippen LogP contribution in [0.2, 0.25) is 0 Å². The Labute approximate surface area is 234 Å². The number of aryl methyl sites for hydroxylation is 1. The molecule has 1 amide bonds. The number of aromatic nitrogens is 2. The molecule has 1 saturated heterocycles. The second-order valence-corrected chi connectivity index (χ2v) is 11.4. The Hall–Kier alpha value is -3.17. The minimum atomic E-state index is -4.36. The molecule has 6 nitrogen and oxygen atoms in total. The molecular weight excluding hydrogens is 517 g/mol. The van der Waals surface area contributed by atoms with Gasteiger partial charge in [-0.05, 0) is 87.0 Å². The van der Waals surface area contributed by atoms with Gasteiger partial charge in [-0.2, -0.15) is 18.3 Å². The third kappa shape index (κ3) is 7.31. The van der Waals surface area contributed by atoms with E-state index in [0.717, 1.165) is 17.8 Å². The van der Waals surface area contributed by atoms with Gasteiger partial charge in [0.1, 0.15) is 0 Å². The van der Waals surface area contributed by atoms with Gasteiger partial charge in [0.2, 0.25) is 0 Å². The van der Waals surface area contributed by atoms with Gasteiger partial charge in [0, 0.05) is 24.2 Å². The van der Waals surface area contributed by atoms with E-state index in [1.54, 1.807) is 6.07 Å². The lowest BCUT2D eigenvalue weighted by atomic mass is 9.79. The lowest BCUT2D eigenvalue weighted by Gasteiger charge is -2.40. The fraction of sp³-hybridized carbons (Fsp3) is 0.484. The van der Waals surface area contributed by atoms with Crippen LogP contribution >= 0.6 is 0 Å². The molecule has 4 rings (SSSR count). The molecule has 0 spiro atoms. The summed E-state index contributed by atoms with van der Waals surface area (Å²) >= 11 is 0. The molecule has 0 aliphatic carbocycles. The fourth-order valence-electron chi connectivity index (χ4n) is 5.30. The quantitative estimate of drug-likeness (QED) is 0.349. The van der Waals surface area contributed by atoms with Crippen LogP contribution in [0.4, 0.5) is 13.2 Å². The number of nitrogens with one attached hydrogen (secondary N) is 1. The van der Waals surface area contributed by atoms with Gasteiger partial charge in [-0.15, -0.1) is 0 Å². The van der Waals surface area contributed by atoms with Crippen molar-refractivity contribution in [2.24, 2.45) is 11.3 Å². The number of hydrogen-bond acceptors (Lipinski definition) is 4. The molecular formula is C31H39F3N4O2. The standard InChI is InChI=1S/C31H39F3N4O2/c1-22(2)17-26-19-28(36-38(26)25-7-5-4-6-8-25)29(40)35-20-30(21-39)12-15-37(16-13-30)14-11-24-10-9-23(3)27(18-24)31(32,33)34/h4-10,18-19,22,39H,11-17,20-21H2,1-3H3,(H,35,40). The maximum atomic E-state index is 13.3. The molecule has 0 unspecified atom stereocenters. The highest BCUT2D eigenvalue weighted by atomic mass is 19.4. The minimum absolute atomic E-state index is 0.0505. The maximum Gasteiger partial charge on any atom is 0.416 e. The van der Waals surface area contributed by atoms with E-state index in [1.807, 2.05) is 41.1 Å². The highest BCUT2D eigenvalue weighted by molar-refractivity contribution is 5.92. The summed E-state index contributed by atoms with van der Waals surface area (Å²) in [6.07, 6.45) is -1.68. The van der Waals surface area contributed by atoms with E-state index in [2.05, 4.69) is 29.2 Å². The first-order chi connectivity index (χ1) is 19.0. The molecule has 9 heteroatoms.